The van der Waals surface area contributed by atoms with Crippen molar-refractivity contribution in [2.24, 2.45) is 13.0 Å². The van der Waals surface area contributed by atoms with E-state index in [1.54, 1.807) is 0 Å². The van der Waals surface area contributed by atoms with Gasteiger partial charge < -0.3 is 9.67 Å². The van der Waals surface area contributed by atoms with E-state index >= 15 is 0 Å². The molecule has 3 nitrogen and oxygen atoms in total. The first-order valence-electron chi connectivity index (χ1n) is 6.97. The fourth-order valence-electron chi connectivity index (χ4n) is 3.13. The maximum atomic E-state index is 9.25. The zero-order valence-electron chi connectivity index (χ0n) is 12.0. The molecule has 1 aromatic carbocycles. The fourth-order valence-corrected chi connectivity index (χ4v) is 3.13. The highest BCUT2D eigenvalue weighted by atomic mass is 16.3. The zero-order valence-corrected chi connectivity index (χ0v) is 12.0. The Morgan fingerprint density at radius 3 is 2.58 bits per heavy atom. The van der Waals surface area contributed by atoms with Crippen molar-refractivity contribution in [1.82, 2.24) is 9.47 Å². The number of aryl methyl sites for hydroxylation is 1. The van der Waals surface area contributed by atoms with Gasteiger partial charge in [0.2, 0.25) is 0 Å². The molecule has 1 aliphatic heterocycles. The second-order valence-electron chi connectivity index (χ2n) is 6.07. The predicted molar refractivity (Wildman–Crippen MR) is 78.0 cm³/mol. The van der Waals surface area contributed by atoms with Gasteiger partial charge in [0, 0.05) is 43.8 Å². The minimum Gasteiger partial charge on any atom is -0.396 e. The molecule has 0 saturated carbocycles. The molecule has 1 aliphatic rings. The van der Waals surface area contributed by atoms with E-state index in [2.05, 4.69) is 48.8 Å². The van der Waals surface area contributed by atoms with E-state index in [0.29, 0.717) is 5.92 Å². The summed E-state index contributed by atoms with van der Waals surface area (Å²) in [6.45, 7) is 4.46. The molecular weight excluding hydrogens is 236 g/mol. The van der Waals surface area contributed by atoms with E-state index < -0.39 is 0 Å². The minimum absolute atomic E-state index is 0.254. The molecule has 19 heavy (non-hydrogen) atoms. The largest absolute Gasteiger partial charge is 0.396 e. The Hall–Kier alpha value is -1.32. The Bertz CT molecular complexity index is 615. The monoisotopic (exact) mass is 258 g/mol. The van der Waals surface area contributed by atoms with Crippen LogP contribution in [0.1, 0.15) is 23.6 Å². The maximum absolute atomic E-state index is 9.25. The third-order valence-corrected chi connectivity index (χ3v) is 4.15. The van der Waals surface area contributed by atoms with Gasteiger partial charge in [-0.3, -0.25) is 4.90 Å². The van der Waals surface area contributed by atoms with Gasteiger partial charge in [-0.2, -0.15) is 0 Å². The molecule has 0 aliphatic carbocycles. The number of nitrogens with zero attached hydrogens (tertiary/aromatic N) is 2. The standard InChI is InChI=1S/C16H22N2O/c1-11(10-19)4-14-9-18(3)16-6-13-8-17(2)7-12(13)5-15(14)16/h5-6,9,11,19H,4,7-8,10H2,1-3H3. The van der Waals surface area contributed by atoms with Gasteiger partial charge in [-0.25, -0.2) is 0 Å². The summed E-state index contributed by atoms with van der Waals surface area (Å²) in [5.41, 5.74) is 5.59. The minimum atomic E-state index is 0.254. The average molecular weight is 258 g/mol. The topological polar surface area (TPSA) is 28.4 Å². The van der Waals surface area contributed by atoms with Gasteiger partial charge in [-0.15, -0.1) is 0 Å². The van der Waals surface area contributed by atoms with E-state index in [4.69, 9.17) is 0 Å². The molecule has 0 bridgehead atoms. The normalized spacial score (nSPS) is 17.1. The lowest BCUT2D eigenvalue weighted by Gasteiger charge is -2.07. The third-order valence-electron chi connectivity index (χ3n) is 4.15. The molecule has 0 amide bonds. The first-order chi connectivity index (χ1) is 9.08. The van der Waals surface area contributed by atoms with Crippen LogP contribution >= 0.6 is 0 Å². The van der Waals surface area contributed by atoms with Gasteiger partial charge in [0.1, 0.15) is 0 Å². The molecule has 0 fully saturated rings. The van der Waals surface area contributed by atoms with Crippen LogP contribution in [0.15, 0.2) is 18.3 Å². The van der Waals surface area contributed by atoms with Crippen molar-refractivity contribution in [2.75, 3.05) is 13.7 Å². The summed E-state index contributed by atoms with van der Waals surface area (Å²) in [5.74, 6) is 0.321. The van der Waals surface area contributed by atoms with Crippen LogP contribution < -0.4 is 0 Å². The highest BCUT2D eigenvalue weighted by molar-refractivity contribution is 5.85. The molecule has 0 radical (unpaired) electrons. The number of aromatic nitrogens is 1. The zero-order chi connectivity index (χ0) is 13.6. The number of hydrogen-bond donors (Lipinski definition) is 1. The second kappa shape index (κ2) is 4.66. The molecular formula is C16H22N2O. The highest BCUT2D eigenvalue weighted by Crippen LogP contribution is 2.30. The molecule has 0 spiro atoms. The summed E-state index contributed by atoms with van der Waals surface area (Å²) < 4.78 is 2.22. The Labute approximate surface area is 114 Å². The Morgan fingerprint density at radius 1 is 1.21 bits per heavy atom. The summed E-state index contributed by atoms with van der Waals surface area (Å²) in [5, 5.41) is 10.6. The number of rotatable bonds is 3. The summed E-state index contributed by atoms with van der Waals surface area (Å²) in [7, 11) is 4.28. The SMILES string of the molecule is CC(CO)Cc1cn(C)c2cc3c(cc12)CN(C)C3. The van der Waals surface area contributed by atoms with Crippen molar-refractivity contribution in [3.8, 4) is 0 Å². The Balaban J connectivity index is 2.08. The van der Waals surface area contributed by atoms with Gasteiger partial charge in [0.25, 0.3) is 0 Å². The summed E-state index contributed by atoms with van der Waals surface area (Å²) >= 11 is 0. The van der Waals surface area contributed by atoms with E-state index in [0.717, 1.165) is 19.5 Å². The van der Waals surface area contributed by atoms with Crippen molar-refractivity contribution in [2.45, 2.75) is 26.4 Å². The van der Waals surface area contributed by atoms with E-state index in [1.807, 2.05) is 0 Å². The molecule has 1 atom stereocenters. The second-order valence-corrected chi connectivity index (χ2v) is 6.07. The fraction of sp³-hybridized carbons (Fsp3) is 0.500. The molecule has 3 rings (SSSR count). The lowest BCUT2D eigenvalue weighted by atomic mass is 9.99. The van der Waals surface area contributed by atoms with Crippen molar-refractivity contribution in [3.63, 3.8) is 0 Å². The van der Waals surface area contributed by atoms with E-state index in [1.165, 1.54) is 27.6 Å². The maximum Gasteiger partial charge on any atom is 0.0484 e. The molecule has 1 aromatic heterocycles. The summed E-state index contributed by atoms with van der Waals surface area (Å²) in [6, 6.07) is 4.69. The smallest absolute Gasteiger partial charge is 0.0484 e. The Kier molecular flexibility index (Phi) is 3.11. The number of aliphatic hydroxyl groups excluding tert-OH is 1. The van der Waals surface area contributed by atoms with Crippen molar-refractivity contribution < 1.29 is 5.11 Å². The van der Waals surface area contributed by atoms with Gasteiger partial charge in [0.15, 0.2) is 0 Å². The van der Waals surface area contributed by atoms with Gasteiger partial charge in [0.05, 0.1) is 0 Å². The van der Waals surface area contributed by atoms with Crippen molar-refractivity contribution in [1.29, 1.82) is 0 Å². The first kappa shape index (κ1) is 12.7. The molecule has 2 aromatic rings. The lowest BCUT2D eigenvalue weighted by molar-refractivity contribution is 0.237. The van der Waals surface area contributed by atoms with Crippen LogP contribution in [0.2, 0.25) is 0 Å². The van der Waals surface area contributed by atoms with Crippen LogP contribution in [0, 0.1) is 5.92 Å². The van der Waals surface area contributed by atoms with Crippen LogP contribution in [-0.4, -0.2) is 28.2 Å². The van der Waals surface area contributed by atoms with Crippen molar-refractivity contribution in [3.05, 3.63) is 35.0 Å². The van der Waals surface area contributed by atoms with Crippen LogP contribution in [0.25, 0.3) is 10.9 Å². The molecule has 3 heteroatoms. The van der Waals surface area contributed by atoms with Crippen LogP contribution in [0.5, 0.6) is 0 Å². The molecule has 1 N–H and O–H groups in total. The van der Waals surface area contributed by atoms with E-state index in [9.17, 15) is 5.11 Å². The predicted octanol–water partition coefficient (Wildman–Crippen LogP) is 2.29. The van der Waals surface area contributed by atoms with Crippen LogP contribution in [-0.2, 0) is 26.6 Å². The van der Waals surface area contributed by atoms with E-state index in [-0.39, 0.29) is 6.61 Å². The number of aliphatic hydroxyl groups is 1. The van der Waals surface area contributed by atoms with Crippen LogP contribution in [0.4, 0.5) is 0 Å². The summed E-state index contributed by atoms with van der Waals surface area (Å²) in [4.78, 5) is 2.35. The molecule has 0 saturated heterocycles. The number of hydrogen-bond acceptors (Lipinski definition) is 2. The lowest BCUT2D eigenvalue weighted by Crippen LogP contribution is -2.07. The third kappa shape index (κ3) is 2.17. The molecule has 102 valence electrons. The van der Waals surface area contributed by atoms with Crippen molar-refractivity contribution >= 4 is 10.9 Å². The average Bonchev–Trinajstić information content (AvgIpc) is 2.87. The number of fused-ring (bicyclic) bond motifs is 2. The first-order valence-corrected chi connectivity index (χ1v) is 6.97. The summed E-state index contributed by atoms with van der Waals surface area (Å²) in [6.07, 6.45) is 3.16. The number of benzene rings is 1. The van der Waals surface area contributed by atoms with Crippen LogP contribution in [0.3, 0.4) is 0 Å². The van der Waals surface area contributed by atoms with Gasteiger partial charge in [-0.1, -0.05) is 6.92 Å². The van der Waals surface area contributed by atoms with Gasteiger partial charge in [-0.05, 0) is 48.2 Å². The Morgan fingerprint density at radius 2 is 1.89 bits per heavy atom. The highest BCUT2D eigenvalue weighted by Gasteiger charge is 2.19. The quantitative estimate of drug-likeness (QED) is 0.915. The molecule has 2 heterocycles. The van der Waals surface area contributed by atoms with Gasteiger partial charge >= 0.3 is 0 Å². The molecule has 1 unspecified atom stereocenters.